The smallest absolute Gasteiger partial charge is 0.226 e. The van der Waals surface area contributed by atoms with E-state index < -0.39 is 0 Å². The summed E-state index contributed by atoms with van der Waals surface area (Å²) in [6.45, 7) is 2.73. The highest BCUT2D eigenvalue weighted by atomic mass is 16.2. The molecule has 0 unspecified atom stereocenters. The van der Waals surface area contributed by atoms with Crippen LogP contribution in [0.25, 0.3) is 0 Å². The van der Waals surface area contributed by atoms with Crippen LogP contribution in [0.4, 0.5) is 5.69 Å². The van der Waals surface area contributed by atoms with Gasteiger partial charge in [-0.25, -0.2) is 0 Å². The second-order valence-electron chi connectivity index (χ2n) is 4.69. The van der Waals surface area contributed by atoms with Gasteiger partial charge in [0, 0.05) is 24.9 Å². The molecule has 0 radical (unpaired) electrons. The van der Waals surface area contributed by atoms with E-state index in [1.165, 1.54) is 0 Å². The lowest BCUT2D eigenvalue weighted by atomic mass is 10.1. The van der Waals surface area contributed by atoms with Crippen LogP contribution in [0, 0.1) is 0 Å². The Morgan fingerprint density at radius 2 is 2.11 bits per heavy atom. The Bertz CT molecular complexity index is 454. The molecular weight excluding hydrogens is 226 g/mol. The van der Waals surface area contributed by atoms with E-state index >= 15 is 0 Å². The zero-order chi connectivity index (χ0) is 13.0. The van der Waals surface area contributed by atoms with Crippen molar-refractivity contribution in [3.05, 3.63) is 29.8 Å². The zero-order valence-electron chi connectivity index (χ0n) is 10.8. The van der Waals surface area contributed by atoms with Gasteiger partial charge in [-0.3, -0.25) is 9.59 Å². The minimum atomic E-state index is 0.138. The lowest BCUT2D eigenvalue weighted by Gasteiger charge is -2.22. The van der Waals surface area contributed by atoms with Crippen molar-refractivity contribution in [1.82, 2.24) is 0 Å². The van der Waals surface area contributed by atoms with E-state index in [-0.39, 0.29) is 11.7 Å². The molecule has 1 aliphatic rings. The first-order chi connectivity index (χ1) is 8.74. The van der Waals surface area contributed by atoms with Crippen molar-refractivity contribution in [2.75, 3.05) is 11.4 Å². The first-order valence-electron chi connectivity index (χ1n) is 6.66. The average molecular weight is 245 g/mol. The summed E-state index contributed by atoms with van der Waals surface area (Å²) >= 11 is 0. The molecule has 3 nitrogen and oxygen atoms in total. The molecule has 1 aromatic rings. The molecular formula is C15H19NO2. The Labute approximate surface area is 108 Å². The Morgan fingerprint density at radius 3 is 2.89 bits per heavy atom. The maximum atomic E-state index is 12.2. The number of hydrogen-bond donors (Lipinski definition) is 0. The van der Waals surface area contributed by atoms with Crippen LogP contribution in [-0.4, -0.2) is 18.2 Å². The van der Waals surface area contributed by atoms with Gasteiger partial charge in [0.25, 0.3) is 0 Å². The van der Waals surface area contributed by atoms with Gasteiger partial charge < -0.3 is 4.90 Å². The summed E-state index contributed by atoms with van der Waals surface area (Å²) in [5.74, 6) is 0.287. The summed E-state index contributed by atoms with van der Waals surface area (Å²) in [6, 6.07) is 7.44. The molecule has 0 aromatic heterocycles. The van der Waals surface area contributed by atoms with Crippen molar-refractivity contribution >= 4 is 17.4 Å². The van der Waals surface area contributed by atoms with Crippen LogP contribution in [0.1, 0.15) is 49.4 Å². The highest BCUT2D eigenvalue weighted by molar-refractivity contribution is 6.06. The zero-order valence-corrected chi connectivity index (χ0v) is 10.8. The molecule has 0 aliphatic carbocycles. The number of fused-ring (bicyclic) bond motifs is 1. The third-order valence-corrected chi connectivity index (χ3v) is 3.33. The lowest BCUT2D eigenvalue weighted by molar-refractivity contribution is -0.118. The summed E-state index contributed by atoms with van der Waals surface area (Å²) in [4.78, 5) is 25.9. The van der Waals surface area contributed by atoms with E-state index in [9.17, 15) is 9.59 Å². The molecule has 0 saturated carbocycles. The van der Waals surface area contributed by atoms with Gasteiger partial charge in [0.05, 0.1) is 5.69 Å². The van der Waals surface area contributed by atoms with E-state index in [4.69, 9.17) is 0 Å². The van der Waals surface area contributed by atoms with Crippen molar-refractivity contribution in [1.29, 1.82) is 0 Å². The number of hydrogen-bond acceptors (Lipinski definition) is 2. The second kappa shape index (κ2) is 5.80. The number of para-hydroxylation sites is 1. The summed E-state index contributed by atoms with van der Waals surface area (Å²) in [7, 11) is 0. The molecule has 18 heavy (non-hydrogen) atoms. The van der Waals surface area contributed by atoms with Gasteiger partial charge in [-0.05, 0) is 25.0 Å². The molecule has 3 heteroatoms. The molecule has 1 heterocycles. The molecule has 0 atom stereocenters. The van der Waals surface area contributed by atoms with E-state index in [0.29, 0.717) is 24.9 Å². The maximum Gasteiger partial charge on any atom is 0.226 e. The predicted molar refractivity (Wildman–Crippen MR) is 71.9 cm³/mol. The Balaban J connectivity index is 2.28. The van der Waals surface area contributed by atoms with Crippen molar-refractivity contribution in [2.24, 2.45) is 0 Å². The van der Waals surface area contributed by atoms with Crippen molar-refractivity contribution in [2.45, 2.75) is 39.0 Å². The van der Waals surface area contributed by atoms with Gasteiger partial charge in [0.2, 0.25) is 5.91 Å². The standard InChI is InChI=1S/C15H19NO2/c1-2-3-10-15(18)16-11-6-9-14(17)12-7-4-5-8-13(12)16/h4-5,7-8H,2-3,6,9-11H2,1H3. The Morgan fingerprint density at radius 1 is 1.33 bits per heavy atom. The topological polar surface area (TPSA) is 37.4 Å². The molecule has 0 bridgehead atoms. The Hall–Kier alpha value is -1.64. The molecule has 1 amide bonds. The highest BCUT2D eigenvalue weighted by Crippen LogP contribution is 2.26. The number of rotatable bonds is 3. The molecule has 0 fully saturated rings. The van der Waals surface area contributed by atoms with Crippen LogP contribution >= 0.6 is 0 Å². The molecule has 1 aliphatic heterocycles. The number of nitrogens with zero attached hydrogens (tertiary/aromatic N) is 1. The monoisotopic (exact) mass is 245 g/mol. The number of ketones is 1. The van der Waals surface area contributed by atoms with Gasteiger partial charge in [0.15, 0.2) is 5.78 Å². The van der Waals surface area contributed by atoms with E-state index in [1.807, 2.05) is 24.3 Å². The average Bonchev–Trinajstić information content (AvgIpc) is 2.56. The maximum absolute atomic E-state index is 12.2. The largest absolute Gasteiger partial charge is 0.312 e. The fourth-order valence-electron chi connectivity index (χ4n) is 2.32. The number of carbonyl (C=O) groups is 2. The molecule has 96 valence electrons. The SMILES string of the molecule is CCCCC(=O)N1CCCC(=O)c2ccccc21. The van der Waals surface area contributed by atoms with Crippen molar-refractivity contribution < 1.29 is 9.59 Å². The van der Waals surface area contributed by atoms with Gasteiger partial charge in [-0.15, -0.1) is 0 Å². The number of amides is 1. The van der Waals surface area contributed by atoms with Crippen LogP contribution in [0.3, 0.4) is 0 Å². The molecule has 0 saturated heterocycles. The normalized spacial score (nSPS) is 15.2. The third kappa shape index (κ3) is 2.61. The number of anilines is 1. The van der Waals surface area contributed by atoms with E-state index in [1.54, 1.807) is 4.90 Å². The second-order valence-corrected chi connectivity index (χ2v) is 4.69. The lowest BCUT2D eigenvalue weighted by Crippen LogP contribution is -2.31. The van der Waals surface area contributed by atoms with Crippen molar-refractivity contribution in [3.63, 3.8) is 0 Å². The number of carbonyl (C=O) groups excluding carboxylic acids is 2. The minimum Gasteiger partial charge on any atom is -0.312 e. The fraction of sp³-hybridized carbons (Fsp3) is 0.467. The summed E-state index contributed by atoms with van der Waals surface area (Å²) < 4.78 is 0. The first kappa shape index (κ1) is 12.8. The van der Waals surface area contributed by atoms with Crippen LogP contribution in [0.5, 0.6) is 0 Å². The van der Waals surface area contributed by atoms with Gasteiger partial charge in [-0.2, -0.15) is 0 Å². The number of unbranched alkanes of at least 4 members (excludes halogenated alkanes) is 1. The third-order valence-electron chi connectivity index (χ3n) is 3.33. The quantitative estimate of drug-likeness (QED) is 0.820. The summed E-state index contributed by atoms with van der Waals surface area (Å²) in [5.41, 5.74) is 1.49. The van der Waals surface area contributed by atoms with Crippen molar-refractivity contribution in [3.8, 4) is 0 Å². The Kier molecular flexibility index (Phi) is 4.13. The van der Waals surface area contributed by atoms with Crippen LogP contribution in [-0.2, 0) is 4.79 Å². The van der Waals surface area contributed by atoms with Crippen LogP contribution in [0.2, 0.25) is 0 Å². The minimum absolute atomic E-state index is 0.138. The van der Waals surface area contributed by atoms with Gasteiger partial charge in [0.1, 0.15) is 0 Å². The fourth-order valence-corrected chi connectivity index (χ4v) is 2.32. The molecule has 0 N–H and O–H groups in total. The molecule has 1 aromatic carbocycles. The van der Waals surface area contributed by atoms with E-state index in [2.05, 4.69) is 6.92 Å². The first-order valence-corrected chi connectivity index (χ1v) is 6.66. The van der Waals surface area contributed by atoms with Crippen LogP contribution < -0.4 is 4.90 Å². The predicted octanol–water partition coefficient (Wildman–Crippen LogP) is 3.19. The van der Waals surface area contributed by atoms with Gasteiger partial charge in [-0.1, -0.05) is 25.5 Å². The van der Waals surface area contributed by atoms with Crippen LogP contribution in [0.15, 0.2) is 24.3 Å². The highest BCUT2D eigenvalue weighted by Gasteiger charge is 2.23. The molecule has 0 spiro atoms. The number of Topliss-reactive ketones (excluding diaryl/α,β-unsaturated/α-hetero) is 1. The van der Waals surface area contributed by atoms with E-state index in [0.717, 1.165) is 24.9 Å². The summed E-state index contributed by atoms with van der Waals surface area (Å²) in [6.07, 6.45) is 3.78. The summed E-state index contributed by atoms with van der Waals surface area (Å²) in [5, 5.41) is 0. The van der Waals surface area contributed by atoms with Gasteiger partial charge >= 0.3 is 0 Å². The molecule has 2 rings (SSSR count). The number of benzene rings is 1.